The third-order valence-corrected chi connectivity index (χ3v) is 5.97. The zero-order valence-electron chi connectivity index (χ0n) is 14.0. The van der Waals surface area contributed by atoms with Crippen LogP contribution < -0.4 is 4.90 Å². The number of aromatic nitrogens is 1. The minimum Gasteiger partial charge on any atom is -0.447 e. The zero-order valence-corrected chi connectivity index (χ0v) is 14.8. The molecule has 7 nitrogen and oxygen atoms in total. The van der Waals surface area contributed by atoms with Gasteiger partial charge in [0.15, 0.2) is 0 Å². The molecule has 2 saturated heterocycles. The Balaban J connectivity index is 1.65. The van der Waals surface area contributed by atoms with Crippen molar-refractivity contribution in [3.8, 4) is 0 Å². The van der Waals surface area contributed by atoms with Gasteiger partial charge in [-0.3, -0.25) is 4.90 Å². The second-order valence-electron chi connectivity index (χ2n) is 6.59. The average molecular weight is 353 g/mol. The summed E-state index contributed by atoms with van der Waals surface area (Å²) in [4.78, 5) is 18.0. The monoisotopic (exact) mass is 353 g/mol. The molecule has 0 bridgehead atoms. The highest BCUT2D eigenvalue weighted by Gasteiger charge is 2.32. The van der Waals surface area contributed by atoms with Gasteiger partial charge in [-0.1, -0.05) is 6.07 Å². The molecule has 2 aliphatic heterocycles. The van der Waals surface area contributed by atoms with Crippen LogP contribution in [-0.4, -0.2) is 55.8 Å². The van der Waals surface area contributed by atoms with Crippen LogP contribution in [0.3, 0.4) is 0 Å². The van der Waals surface area contributed by atoms with Gasteiger partial charge in [0.2, 0.25) is 10.0 Å². The summed E-state index contributed by atoms with van der Waals surface area (Å²) >= 11 is 0. The Morgan fingerprint density at radius 3 is 2.58 bits per heavy atom. The molecule has 0 N–H and O–H groups in total. The predicted molar refractivity (Wildman–Crippen MR) is 90.4 cm³/mol. The molecule has 1 atom stereocenters. The lowest BCUT2D eigenvalue weighted by atomic mass is 9.93. The number of hydrogen-bond donors (Lipinski definition) is 0. The number of rotatable bonds is 4. The van der Waals surface area contributed by atoms with Gasteiger partial charge in [0.1, 0.15) is 12.4 Å². The molecule has 3 rings (SSSR count). The number of carbonyl (C=O) groups excluding carboxylic acids is 1. The third-order valence-electron chi connectivity index (χ3n) is 4.66. The highest BCUT2D eigenvalue weighted by atomic mass is 32.2. The molecule has 8 heteroatoms. The highest BCUT2D eigenvalue weighted by molar-refractivity contribution is 7.88. The Morgan fingerprint density at radius 1 is 1.29 bits per heavy atom. The molecule has 0 saturated carbocycles. The molecule has 0 unspecified atom stereocenters. The highest BCUT2D eigenvalue weighted by Crippen LogP contribution is 2.25. The predicted octanol–water partition coefficient (Wildman–Crippen LogP) is 1.64. The van der Waals surface area contributed by atoms with Crippen LogP contribution in [0.1, 0.15) is 25.5 Å². The molecular weight excluding hydrogens is 330 g/mol. The van der Waals surface area contributed by atoms with Gasteiger partial charge < -0.3 is 4.74 Å². The first-order chi connectivity index (χ1) is 11.3. The van der Waals surface area contributed by atoms with Crippen molar-refractivity contribution in [2.45, 2.75) is 32.2 Å². The van der Waals surface area contributed by atoms with E-state index in [0.717, 1.165) is 25.0 Å². The van der Waals surface area contributed by atoms with Gasteiger partial charge in [0.25, 0.3) is 0 Å². The van der Waals surface area contributed by atoms with Gasteiger partial charge in [-0.15, -0.1) is 0 Å². The van der Waals surface area contributed by atoms with Crippen LogP contribution >= 0.6 is 0 Å². The maximum atomic E-state index is 11.8. The number of ether oxygens (including phenoxy) is 1. The minimum absolute atomic E-state index is 0.0155. The number of hydrogen-bond acceptors (Lipinski definition) is 5. The molecule has 0 spiro atoms. The van der Waals surface area contributed by atoms with E-state index in [0.29, 0.717) is 31.4 Å². The van der Waals surface area contributed by atoms with E-state index in [1.54, 1.807) is 4.90 Å². The fourth-order valence-electron chi connectivity index (χ4n) is 3.29. The number of nitrogens with zero attached hydrogens (tertiary/aromatic N) is 3. The maximum Gasteiger partial charge on any atom is 0.415 e. The molecule has 0 radical (unpaired) electrons. The summed E-state index contributed by atoms with van der Waals surface area (Å²) < 4.78 is 29.7. The van der Waals surface area contributed by atoms with Crippen LogP contribution in [0.2, 0.25) is 0 Å². The molecular formula is C16H23N3O4S. The van der Waals surface area contributed by atoms with Crippen LogP contribution in [-0.2, 0) is 21.2 Å². The first kappa shape index (κ1) is 17.2. The Morgan fingerprint density at radius 2 is 2.00 bits per heavy atom. The Bertz CT molecular complexity index is 714. The second kappa shape index (κ2) is 6.68. The topological polar surface area (TPSA) is 79.8 Å². The molecule has 2 fully saturated rings. The van der Waals surface area contributed by atoms with E-state index >= 15 is 0 Å². The van der Waals surface area contributed by atoms with Crippen molar-refractivity contribution in [1.82, 2.24) is 9.29 Å². The van der Waals surface area contributed by atoms with Crippen molar-refractivity contribution in [3.05, 3.63) is 23.9 Å². The summed E-state index contributed by atoms with van der Waals surface area (Å²) in [5.74, 6) is 1.03. The van der Waals surface area contributed by atoms with Crippen molar-refractivity contribution in [3.63, 3.8) is 0 Å². The molecule has 1 aromatic heterocycles. The van der Waals surface area contributed by atoms with E-state index in [2.05, 4.69) is 4.98 Å². The fraction of sp³-hybridized carbons (Fsp3) is 0.625. The number of anilines is 1. The molecule has 0 aliphatic carbocycles. The summed E-state index contributed by atoms with van der Waals surface area (Å²) in [5.41, 5.74) is 0.928. The van der Waals surface area contributed by atoms with Crippen molar-refractivity contribution < 1.29 is 17.9 Å². The van der Waals surface area contributed by atoms with Crippen LogP contribution in [0.15, 0.2) is 18.2 Å². The van der Waals surface area contributed by atoms with Crippen LogP contribution in [0.25, 0.3) is 0 Å². The van der Waals surface area contributed by atoms with Crippen LogP contribution in [0.5, 0.6) is 0 Å². The Kier molecular flexibility index (Phi) is 4.78. The van der Waals surface area contributed by atoms with Crippen molar-refractivity contribution in [2.75, 3.05) is 30.9 Å². The fourth-order valence-corrected chi connectivity index (χ4v) is 4.16. The molecule has 3 heterocycles. The quantitative estimate of drug-likeness (QED) is 0.822. The van der Waals surface area contributed by atoms with Crippen molar-refractivity contribution in [1.29, 1.82) is 0 Å². The summed E-state index contributed by atoms with van der Waals surface area (Å²) in [7, 11) is -3.09. The largest absolute Gasteiger partial charge is 0.447 e. The van der Waals surface area contributed by atoms with E-state index in [-0.39, 0.29) is 12.1 Å². The lowest BCUT2D eigenvalue weighted by Crippen LogP contribution is -2.38. The van der Waals surface area contributed by atoms with Gasteiger partial charge in [-0.2, -0.15) is 0 Å². The van der Waals surface area contributed by atoms with E-state index in [9.17, 15) is 13.2 Å². The van der Waals surface area contributed by atoms with Gasteiger partial charge in [-0.25, -0.2) is 22.5 Å². The summed E-state index contributed by atoms with van der Waals surface area (Å²) in [5, 5.41) is 0. The van der Waals surface area contributed by atoms with Gasteiger partial charge >= 0.3 is 6.09 Å². The van der Waals surface area contributed by atoms with Gasteiger partial charge in [0.05, 0.1) is 12.3 Å². The number of sulfonamides is 1. The SMILES string of the molecule is C[C@H]1COC(=O)N1c1cccc(CC2CCN(S(C)(=O)=O)CC2)n1. The average Bonchev–Trinajstić information content (AvgIpc) is 2.86. The van der Waals surface area contributed by atoms with Crippen LogP contribution in [0.4, 0.5) is 10.6 Å². The first-order valence-electron chi connectivity index (χ1n) is 8.21. The first-order valence-corrected chi connectivity index (χ1v) is 10.1. The summed E-state index contributed by atoms with van der Waals surface area (Å²) in [6.07, 6.45) is 3.37. The lowest BCUT2D eigenvalue weighted by Gasteiger charge is -2.30. The summed E-state index contributed by atoms with van der Waals surface area (Å²) in [6.45, 7) is 3.45. The maximum absolute atomic E-state index is 11.8. The second-order valence-corrected chi connectivity index (χ2v) is 8.58. The zero-order chi connectivity index (χ0) is 17.3. The third kappa shape index (κ3) is 3.70. The molecule has 0 aromatic carbocycles. The number of pyridine rings is 1. The minimum atomic E-state index is -3.09. The smallest absolute Gasteiger partial charge is 0.415 e. The van der Waals surface area contributed by atoms with E-state index in [1.807, 2.05) is 25.1 Å². The number of cyclic esters (lactones) is 1. The van der Waals surface area contributed by atoms with Crippen molar-refractivity contribution in [2.24, 2.45) is 5.92 Å². The molecule has 2 aliphatic rings. The Labute approximate surface area is 142 Å². The summed E-state index contributed by atoms with van der Waals surface area (Å²) in [6, 6.07) is 5.66. The Hall–Kier alpha value is -1.67. The van der Waals surface area contributed by atoms with Crippen molar-refractivity contribution >= 4 is 21.9 Å². The standard InChI is InChI=1S/C16H23N3O4S/c1-12-11-23-16(20)19(12)15-5-3-4-14(17-15)10-13-6-8-18(9-7-13)24(2,21)22/h3-5,12-13H,6-11H2,1-2H3/t12-/m0/s1. The number of amides is 1. The molecule has 1 aromatic rings. The number of piperidine rings is 1. The molecule has 132 valence electrons. The van der Waals surface area contributed by atoms with E-state index < -0.39 is 10.0 Å². The normalized spacial score (nSPS) is 23.5. The number of carbonyl (C=O) groups is 1. The van der Waals surface area contributed by atoms with E-state index in [4.69, 9.17) is 4.74 Å². The van der Waals surface area contributed by atoms with Gasteiger partial charge in [-0.05, 0) is 44.2 Å². The van der Waals surface area contributed by atoms with Gasteiger partial charge in [0, 0.05) is 18.8 Å². The van der Waals surface area contributed by atoms with E-state index in [1.165, 1.54) is 10.6 Å². The molecule has 1 amide bonds. The molecule has 24 heavy (non-hydrogen) atoms. The van der Waals surface area contributed by atoms with Crippen LogP contribution in [0, 0.1) is 5.92 Å². The lowest BCUT2D eigenvalue weighted by molar-refractivity contribution is 0.179.